The number of H-pyrrole nitrogens is 1. The third kappa shape index (κ3) is 2.93. The Morgan fingerprint density at radius 3 is 2.32 bits per heavy atom. The van der Waals surface area contributed by atoms with Crippen LogP contribution >= 0.6 is 0 Å². The highest BCUT2D eigenvalue weighted by atomic mass is 19.4. The molecule has 0 aliphatic rings. The molecule has 1 N–H and O–H groups in total. The molecule has 0 fully saturated rings. The van der Waals surface area contributed by atoms with Crippen LogP contribution in [0.4, 0.5) is 13.2 Å². The molecule has 0 saturated carbocycles. The molecule has 0 aliphatic heterocycles. The van der Waals surface area contributed by atoms with Crippen LogP contribution in [0.15, 0.2) is 46.1 Å². The maximum absolute atomic E-state index is 12.6. The molecule has 2 aromatic rings. The molecule has 0 saturated heterocycles. The Kier molecular flexibility index (Phi) is 3.28. The van der Waals surface area contributed by atoms with Gasteiger partial charge in [0.25, 0.3) is 5.56 Å². The highest BCUT2D eigenvalue weighted by Crippen LogP contribution is 2.25. The van der Waals surface area contributed by atoms with E-state index in [1.165, 1.54) is 0 Å². The van der Waals surface area contributed by atoms with E-state index in [0.29, 0.717) is 11.8 Å². The Morgan fingerprint density at radius 1 is 1.11 bits per heavy atom. The summed E-state index contributed by atoms with van der Waals surface area (Å²) >= 11 is 0. The van der Waals surface area contributed by atoms with Crippen LogP contribution in [0.5, 0.6) is 0 Å². The van der Waals surface area contributed by atoms with Crippen LogP contribution in [0.25, 0.3) is 0 Å². The Hall–Kier alpha value is -2.31. The van der Waals surface area contributed by atoms with E-state index in [2.05, 4.69) is 0 Å². The van der Waals surface area contributed by atoms with Gasteiger partial charge in [0.15, 0.2) is 0 Å². The number of rotatable bonds is 2. The van der Waals surface area contributed by atoms with Crippen LogP contribution in [0, 0.1) is 0 Å². The summed E-state index contributed by atoms with van der Waals surface area (Å²) < 4.78 is 38.5. The number of alkyl halides is 3. The number of benzene rings is 1. The van der Waals surface area contributed by atoms with Crippen molar-refractivity contribution in [3.05, 3.63) is 68.5 Å². The summed E-state index contributed by atoms with van der Waals surface area (Å²) in [6.45, 7) is -0.0421. The van der Waals surface area contributed by atoms with E-state index in [-0.39, 0.29) is 6.54 Å². The first-order chi connectivity index (χ1) is 8.88. The highest BCUT2D eigenvalue weighted by Gasteiger charge is 2.34. The van der Waals surface area contributed by atoms with Gasteiger partial charge in [-0.3, -0.25) is 14.3 Å². The van der Waals surface area contributed by atoms with E-state index < -0.39 is 23.0 Å². The smallest absolute Gasteiger partial charge is 0.296 e. The third-order valence-electron chi connectivity index (χ3n) is 2.51. The second-order valence-electron chi connectivity index (χ2n) is 3.91. The van der Waals surface area contributed by atoms with E-state index in [1.54, 1.807) is 35.3 Å². The molecular weight excluding hydrogens is 261 g/mol. The number of nitrogens with one attached hydrogen (secondary N) is 1. The van der Waals surface area contributed by atoms with Gasteiger partial charge in [0, 0.05) is 6.20 Å². The van der Waals surface area contributed by atoms with Gasteiger partial charge in [-0.15, -0.1) is 0 Å². The molecule has 4 nitrogen and oxygen atoms in total. The maximum atomic E-state index is 12.6. The molecule has 0 amide bonds. The van der Waals surface area contributed by atoms with Crippen molar-refractivity contribution in [3.8, 4) is 0 Å². The molecule has 7 heteroatoms. The number of aromatic amines is 1. The van der Waals surface area contributed by atoms with Crippen LogP contribution in [0.1, 0.15) is 11.1 Å². The average Bonchev–Trinajstić information content (AvgIpc) is 2.32. The molecule has 0 spiro atoms. The zero-order chi connectivity index (χ0) is 14.0. The lowest BCUT2D eigenvalue weighted by molar-refractivity contribution is -0.139. The standard InChI is InChI=1S/C12H9F3N2O2/c13-12(14,15)9-7-17(11(19)16-10(9)18)6-8-4-2-1-3-5-8/h1-5,7H,6H2,(H,16,18,19). The highest BCUT2D eigenvalue weighted by molar-refractivity contribution is 5.16. The zero-order valence-electron chi connectivity index (χ0n) is 9.57. The lowest BCUT2D eigenvalue weighted by Crippen LogP contribution is -2.34. The summed E-state index contributed by atoms with van der Waals surface area (Å²) in [5.74, 6) is 0. The summed E-state index contributed by atoms with van der Waals surface area (Å²) in [5.41, 5.74) is -3.03. The largest absolute Gasteiger partial charge is 0.423 e. The Bertz CT molecular complexity index is 687. The monoisotopic (exact) mass is 270 g/mol. The van der Waals surface area contributed by atoms with Gasteiger partial charge in [0.2, 0.25) is 0 Å². The number of halogens is 3. The Balaban J connectivity index is 2.47. The molecule has 19 heavy (non-hydrogen) atoms. The molecule has 0 unspecified atom stereocenters. The second-order valence-corrected chi connectivity index (χ2v) is 3.91. The van der Waals surface area contributed by atoms with Crippen molar-refractivity contribution in [3.63, 3.8) is 0 Å². The first kappa shape index (κ1) is 13.1. The van der Waals surface area contributed by atoms with E-state index >= 15 is 0 Å². The normalized spacial score (nSPS) is 11.5. The molecule has 1 aromatic heterocycles. The summed E-state index contributed by atoms with van der Waals surface area (Å²) in [6.07, 6.45) is -4.26. The maximum Gasteiger partial charge on any atom is 0.423 e. The van der Waals surface area contributed by atoms with Crippen molar-refractivity contribution < 1.29 is 13.2 Å². The van der Waals surface area contributed by atoms with E-state index in [0.717, 1.165) is 4.57 Å². The quantitative estimate of drug-likeness (QED) is 0.901. The number of nitrogens with zero attached hydrogens (tertiary/aromatic N) is 1. The molecular formula is C12H9F3N2O2. The van der Waals surface area contributed by atoms with E-state index in [1.807, 2.05) is 0 Å². The van der Waals surface area contributed by atoms with Crippen molar-refractivity contribution >= 4 is 0 Å². The Labute approximate surface area is 105 Å². The van der Waals surface area contributed by atoms with Gasteiger partial charge in [-0.25, -0.2) is 4.79 Å². The first-order valence-electron chi connectivity index (χ1n) is 5.33. The van der Waals surface area contributed by atoms with Crippen molar-refractivity contribution in [2.75, 3.05) is 0 Å². The Morgan fingerprint density at radius 2 is 1.74 bits per heavy atom. The van der Waals surface area contributed by atoms with Gasteiger partial charge in [-0.05, 0) is 5.56 Å². The van der Waals surface area contributed by atoms with Crippen molar-refractivity contribution in [2.45, 2.75) is 12.7 Å². The molecule has 2 rings (SSSR count). The predicted octanol–water partition coefficient (Wildman–Crippen LogP) is 1.60. The molecule has 0 radical (unpaired) electrons. The number of aromatic nitrogens is 2. The summed E-state index contributed by atoms with van der Waals surface area (Å²) in [5, 5.41) is 0. The van der Waals surface area contributed by atoms with Gasteiger partial charge >= 0.3 is 11.9 Å². The van der Waals surface area contributed by atoms with Gasteiger partial charge < -0.3 is 0 Å². The van der Waals surface area contributed by atoms with E-state index in [4.69, 9.17) is 0 Å². The SMILES string of the molecule is O=c1[nH]c(=O)n(Cc2ccccc2)cc1C(F)(F)F. The van der Waals surface area contributed by atoms with Crippen LogP contribution in [0.2, 0.25) is 0 Å². The van der Waals surface area contributed by atoms with Crippen LogP contribution in [0.3, 0.4) is 0 Å². The second kappa shape index (κ2) is 4.75. The van der Waals surface area contributed by atoms with Crippen LogP contribution in [-0.2, 0) is 12.7 Å². The first-order valence-corrected chi connectivity index (χ1v) is 5.33. The minimum Gasteiger partial charge on any atom is -0.296 e. The van der Waals surface area contributed by atoms with Crippen molar-refractivity contribution in [1.29, 1.82) is 0 Å². The number of hydrogen-bond donors (Lipinski definition) is 1. The van der Waals surface area contributed by atoms with Gasteiger partial charge in [0.05, 0.1) is 6.54 Å². The van der Waals surface area contributed by atoms with Crippen molar-refractivity contribution in [2.24, 2.45) is 0 Å². The average molecular weight is 270 g/mol. The fourth-order valence-corrected chi connectivity index (χ4v) is 1.61. The lowest BCUT2D eigenvalue weighted by atomic mass is 10.2. The fraction of sp³-hybridized carbons (Fsp3) is 0.167. The summed E-state index contributed by atoms with van der Waals surface area (Å²) in [6, 6.07) is 8.50. The predicted molar refractivity (Wildman–Crippen MR) is 61.9 cm³/mol. The van der Waals surface area contributed by atoms with E-state index in [9.17, 15) is 22.8 Å². The summed E-state index contributed by atoms with van der Waals surface area (Å²) in [4.78, 5) is 24.2. The minimum absolute atomic E-state index is 0.0421. The van der Waals surface area contributed by atoms with Crippen LogP contribution < -0.4 is 11.2 Å². The molecule has 0 atom stereocenters. The zero-order valence-corrected chi connectivity index (χ0v) is 9.57. The minimum atomic E-state index is -4.79. The number of hydrogen-bond acceptors (Lipinski definition) is 2. The van der Waals surface area contributed by atoms with Gasteiger partial charge in [-0.1, -0.05) is 30.3 Å². The molecule has 0 bridgehead atoms. The summed E-state index contributed by atoms with van der Waals surface area (Å²) in [7, 11) is 0. The van der Waals surface area contributed by atoms with Crippen molar-refractivity contribution in [1.82, 2.24) is 9.55 Å². The topological polar surface area (TPSA) is 54.9 Å². The lowest BCUT2D eigenvalue weighted by Gasteiger charge is -2.09. The third-order valence-corrected chi connectivity index (χ3v) is 2.51. The fourth-order valence-electron chi connectivity index (χ4n) is 1.61. The van der Waals surface area contributed by atoms with Gasteiger partial charge in [-0.2, -0.15) is 13.2 Å². The van der Waals surface area contributed by atoms with Crippen LogP contribution in [-0.4, -0.2) is 9.55 Å². The molecule has 100 valence electrons. The molecule has 1 heterocycles. The van der Waals surface area contributed by atoms with Gasteiger partial charge in [0.1, 0.15) is 5.56 Å². The molecule has 0 aliphatic carbocycles. The molecule has 1 aromatic carbocycles.